The van der Waals surface area contributed by atoms with E-state index >= 15 is 0 Å². The summed E-state index contributed by atoms with van der Waals surface area (Å²) in [6.07, 6.45) is 0. The first kappa shape index (κ1) is 16.1. The molecule has 0 atom stereocenters. The van der Waals surface area contributed by atoms with E-state index in [0.717, 1.165) is 37.9 Å². The fourth-order valence-corrected chi connectivity index (χ4v) is 3.98. The standard InChI is InChI=1S/C19H15ClN2O2S/c1-9-4-6-13-11(3)17(24-16(13)10(9)2)18(23)22-19-21-14-7-5-12(20)8-15(14)25-19/h4-8H,1-3H3,(H,21,22,23). The first-order chi connectivity index (χ1) is 11.9. The van der Waals surface area contributed by atoms with Crippen LogP contribution in [0.25, 0.3) is 21.2 Å². The van der Waals surface area contributed by atoms with E-state index < -0.39 is 0 Å². The van der Waals surface area contributed by atoms with Gasteiger partial charge in [-0.3, -0.25) is 10.1 Å². The summed E-state index contributed by atoms with van der Waals surface area (Å²) >= 11 is 7.38. The van der Waals surface area contributed by atoms with E-state index in [1.54, 1.807) is 6.07 Å². The van der Waals surface area contributed by atoms with E-state index in [1.807, 2.05) is 45.0 Å². The number of nitrogens with one attached hydrogen (secondary N) is 1. The minimum absolute atomic E-state index is 0.295. The Morgan fingerprint density at radius 2 is 1.96 bits per heavy atom. The third-order valence-corrected chi connectivity index (χ3v) is 5.57. The summed E-state index contributed by atoms with van der Waals surface area (Å²) in [6, 6.07) is 9.49. The summed E-state index contributed by atoms with van der Waals surface area (Å²) in [6.45, 7) is 5.92. The van der Waals surface area contributed by atoms with Crippen molar-refractivity contribution >= 4 is 55.2 Å². The molecule has 1 N–H and O–H groups in total. The highest BCUT2D eigenvalue weighted by Crippen LogP contribution is 2.32. The maximum absolute atomic E-state index is 12.7. The highest BCUT2D eigenvalue weighted by molar-refractivity contribution is 7.22. The number of anilines is 1. The molecule has 0 fully saturated rings. The number of thiazole rings is 1. The molecule has 0 bridgehead atoms. The Balaban J connectivity index is 1.71. The number of rotatable bonds is 2. The zero-order valence-electron chi connectivity index (χ0n) is 13.9. The summed E-state index contributed by atoms with van der Waals surface area (Å²) in [5.74, 6) is 0.0249. The second-order valence-electron chi connectivity index (χ2n) is 6.03. The van der Waals surface area contributed by atoms with Gasteiger partial charge in [-0.25, -0.2) is 4.98 Å². The lowest BCUT2D eigenvalue weighted by Gasteiger charge is -1.99. The highest BCUT2D eigenvalue weighted by atomic mass is 35.5. The van der Waals surface area contributed by atoms with Crippen molar-refractivity contribution in [1.29, 1.82) is 0 Å². The topological polar surface area (TPSA) is 55.1 Å². The second-order valence-corrected chi connectivity index (χ2v) is 7.49. The molecule has 4 aromatic rings. The number of aryl methyl sites for hydroxylation is 3. The fraction of sp³-hybridized carbons (Fsp3) is 0.158. The number of amides is 1. The monoisotopic (exact) mass is 370 g/mol. The fourth-order valence-electron chi connectivity index (χ4n) is 2.84. The Bertz CT molecular complexity index is 1140. The van der Waals surface area contributed by atoms with E-state index in [-0.39, 0.29) is 5.91 Å². The van der Waals surface area contributed by atoms with Gasteiger partial charge in [-0.1, -0.05) is 35.1 Å². The molecule has 1 amide bonds. The number of fused-ring (bicyclic) bond motifs is 2. The largest absolute Gasteiger partial charge is 0.450 e. The molecule has 4 nitrogen and oxygen atoms in total. The van der Waals surface area contributed by atoms with Crippen LogP contribution in [-0.2, 0) is 0 Å². The molecule has 2 aromatic heterocycles. The first-order valence-corrected chi connectivity index (χ1v) is 9.00. The zero-order chi connectivity index (χ0) is 17.7. The van der Waals surface area contributed by atoms with E-state index in [0.29, 0.717) is 15.9 Å². The maximum atomic E-state index is 12.7. The molecule has 0 saturated heterocycles. The molecule has 4 rings (SSSR count). The van der Waals surface area contributed by atoms with Crippen molar-refractivity contribution in [2.24, 2.45) is 0 Å². The van der Waals surface area contributed by atoms with Crippen LogP contribution in [0, 0.1) is 20.8 Å². The number of hydrogen-bond acceptors (Lipinski definition) is 4. The number of halogens is 1. The molecule has 126 valence electrons. The van der Waals surface area contributed by atoms with Gasteiger partial charge in [-0.15, -0.1) is 0 Å². The number of benzene rings is 2. The molecule has 2 heterocycles. The van der Waals surface area contributed by atoms with Crippen molar-refractivity contribution in [3.63, 3.8) is 0 Å². The van der Waals surface area contributed by atoms with Gasteiger partial charge in [-0.05, 0) is 50.1 Å². The molecule has 6 heteroatoms. The van der Waals surface area contributed by atoms with Crippen LogP contribution in [-0.4, -0.2) is 10.9 Å². The van der Waals surface area contributed by atoms with Crippen LogP contribution in [0.2, 0.25) is 5.02 Å². The van der Waals surface area contributed by atoms with Gasteiger partial charge in [0.05, 0.1) is 10.2 Å². The summed E-state index contributed by atoms with van der Waals surface area (Å²) in [4.78, 5) is 17.1. The highest BCUT2D eigenvalue weighted by Gasteiger charge is 2.20. The molecule has 0 aliphatic carbocycles. The second kappa shape index (κ2) is 5.86. The van der Waals surface area contributed by atoms with Crippen molar-refractivity contribution in [3.05, 3.63) is 57.8 Å². The minimum atomic E-state index is -0.295. The van der Waals surface area contributed by atoms with Crippen LogP contribution in [0.4, 0.5) is 5.13 Å². The zero-order valence-corrected chi connectivity index (χ0v) is 15.5. The van der Waals surface area contributed by atoms with E-state index in [1.165, 1.54) is 11.3 Å². The van der Waals surface area contributed by atoms with E-state index in [2.05, 4.69) is 10.3 Å². The van der Waals surface area contributed by atoms with Crippen LogP contribution in [0.15, 0.2) is 34.7 Å². The molecular weight excluding hydrogens is 356 g/mol. The van der Waals surface area contributed by atoms with Crippen LogP contribution < -0.4 is 5.32 Å². The third-order valence-electron chi connectivity index (χ3n) is 4.40. The Morgan fingerprint density at radius 1 is 1.16 bits per heavy atom. The summed E-state index contributed by atoms with van der Waals surface area (Å²) in [7, 11) is 0. The number of aromatic nitrogens is 1. The third kappa shape index (κ3) is 2.69. The Labute approximate surface area is 153 Å². The van der Waals surface area contributed by atoms with Gasteiger partial charge >= 0.3 is 0 Å². The normalized spacial score (nSPS) is 11.4. The molecule has 0 saturated carbocycles. The molecule has 0 aliphatic rings. The SMILES string of the molecule is Cc1ccc2c(C)c(C(=O)Nc3nc4ccc(Cl)cc4s3)oc2c1C. The van der Waals surface area contributed by atoms with Gasteiger partial charge in [0.1, 0.15) is 5.58 Å². The minimum Gasteiger partial charge on any atom is -0.450 e. The average Bonchev–Trinajstić information content (AvgIpc) is 3.11. The van der Waals surface area contributed by atoms with Crippen LogP contribution in [0.3, 0.4) is 0 Å². The van der Waals surface area contributed by atoms with Crippen LogP contribution >= 0.6 is 22.9 Å². The predicted molar refractivity (Wildman–Crippen MR) is 103 cm³/mol. The number of furan rings is 1. The van der Waals surface area contributed by atoms with Gasteiger partial charge in [0.2, 0.25) is 0 Å². The van der Waals surface area contributed by atoms with Crippen molar-refractivity contribution in [1.82, 2.24) is 4.98 Å². The van der Waals surface area contributed by atoms with Gasteiger partial charge in [0, 0.05) is 16.0 Å². The number of nitrogens with zero attached hydrogens (tertiary/aromatic N) is 1. The Kier molecular flexibility index (Phi) is 3.78. The molecule has 0 aliphatic heterocycles. The molecule has 25 heavy (non-hydrogen) atoms. The maximum Gasteiger partial charge on any atom is 0.293 e. The number of carbonyl (C=O) groups excluding carboxylic acids is 1. The quantitative estimate of drug-likeness (QED) is 0.479. The predicted octanol–water partition coefficient (Wildman–Crippen LogP) is 5.87. The molecule has 0 spiro atoms. The summed E-state index contributed by atoms with van der Waals surface area (Å²) < 4.78 is 6.81. The average molecular weight is 371 g/mol. The Morgan fingerprint density at radius 3 is 2.76 bits per heavy atom. The van der Waals surface area contributed by atoms with Gasteiger partial charge < -0.3 is 4.42 Å². The van der Waals surface area contributed by atoms with Crippen LogP contribution in [0.1, 0.15) is 27.2 Å². The molecular formula is C19H15ClN2O2S. The van der Waals surface area contributed by atoms with E-state index in [9.17, 15) is 4.79 Å². The van der Waals surface area contributed by atoms with E-state index in [4.69, 9.17) is 16.0 Å². The molecule has 2 aromatic carbocycles. The first-order valence-electron chi connectivity index (χ1n) is 7.81. The summed E-state index contributed by atoms with van der Waals surface area (Å²) in [5.41, 5.74) is 4.58. The number of carbonyl (C=O) groups is 1. The van der Waals surface area contributed by atoms with Crippen LogP contribution in [0.5, 0.6) is 0 Å². The molecule has 0 unspecified atom stereocenters. The van der Waals surface area contributed by atoms with Gasteiger partial charge in [-0.2, -0.15) is 0 Å². The lowest BCUT2D eigenvalue weighted by atomic mass is 10.0. The lowest BCUT2D eigenvalue weighted by molar-refractivity contribution is 0.0998. The lowest BCUT2D eigenvalue weighted by Crippen LogP contribution is -2.11. The van der Waals surface area contributed by atoms with Crippen molar-refractivity contribution in [3.8, 4) is 0 Å². The number of hydrogen-bond donors (Lipinski definition) is 1. The van der Waals surface area contributed by atoms with Crippen molar-refractivity contribution in [2.45, 2.75) is 20.8 Å². The van der Waals surface area contributed by atoms with Gasteiger partial charge in [0.25, 0.3) is 5.91 Å². The Hall–Kier alpha value is -2.37. The molecule has 0 radical (unpaired) electrons. The smallest absolute Gasteiger partial charge is 0.293 e. The van der Waals surface area contributed by atoms with Gasteiger partial charge in [0.15, 0.2) is 10.9 Å². The summed E-state index contributed by atoms with van der Waals surface area (Å²) in [5, 5.41) is 4.97. The van der Waals surface area contributed by atoms with Crippen molar-refractivity contribution < 1.29 is 9.21 Å². The van der Waals surface area contributed by atoms with Crippen molar-refractivity contribution in [2.75, 3.05) is 5.32 Å².